The van der Waals surface area contributed by atoms with Gasteiger partial charge in [0.1, 0.15) is 10.5 Å². The summed E-state index contributed by atoms with van der Waals surface area (Å²) in [5.41, 5.74) is 2.09. The summed E-state index contributed by atoms with van der Waals surface area (Å²) in [5, 5.41) is 0. The van der Waals surface area contributed by atoms with Crippen LogP contribution in [0, 0.1) is 5.82 Å². The topological polar surface area (TPSA) is 61.5 Å². The summed E-state index contributed by atoms with van der Waals surface area (Å²) in [5.74, 6) is 0.223. The van der Waals surface area contributed by atoms with Crippen LogP contribution in [0.2, 0.25) is 0 Å². The highest BCUT2D eigenvalue weighted by molar-refractivity contribution is 7.22. The van der Waals surface area contributed by atoms with Crippen molar-refractivity contribution in [1.82, 2.24) is 15.0 Å². The first kappa shape index (κ1) is 13.0. The van der Waals surface area contributed by atoms with Crippen LogP contribution in [-0.4, -0.2) is 15.0 Å². The maximum Gasteiger partial charge on any atom is 0.269 e. The molecule has 1 aromatic carbocycles. The molecule has 0 spiro atoms. The average molecular weight is 311 g/mol. The summed E-state index contributed by atoms with van der Waals surface area (Å²) >= 11 is 1.35. The average Bonchev–Trinajstić information content (AvgIpc) is 3.17. The molecule has 0 aliphatic carbocycles. The zero-order valence-corrected chi connectivity index (χ0v) is 12.1. The van der Waals surface area contributed by atoms with Crippen molar-refractivity contribution in [3.8, 4) is 22.0 Å². The Kier molecular flexibility index (Phi) is 2.90. The van der Waals surface area contributed by atoms with Gasteiger partial charge in [-0.25, -0.2) is 9.37 Å². The van der Waals surface area contributed by atoms with E-state index in [4.69, 9.17) is 0 Å². The Balaban J connectivity index is 1.89. The summed E-state index contributed by atoms with van der Waals surface area (Å²) < 4.78 is 13.6. The largest absolute Gasteiger partial charge is 0.359 e. The summed E-state index contributed by atoms with van der Waals surface area (Å²) in [6, 6.07) is 11.7. The molecule has 0 aliphatic heterocycles. The van der Waals surface area contributed by atoms with Crippen LogP contribution in [0.4, 0.5) is 4.39 Å². The van der Waals surface area contributed by atoms with Crippen LogP contribution in [-0.2, 0) is 0 Å². The van der Waals surface area contributed by atoms with Gasteiger partial charge in [-0.3, -0.25) is 4.79 Å². The number of nitrogens with one attached hydrogen (secondary N) is 2. The molecule has 3 aromatic heterocycles. The summed E-state index contributed by atoms with van der Waals surface area (Å²) in [4.78, 5) is 23.4. The second-order valence-electron chi connectivity index (χ2n) is 4.83. The number of hydrogen-bond donors (Lipinski definition) is 2. The number of aromatic nitrogens is 3. The third-order valence-electron chi connectivity index (χ3n) is 3.36. The van der Waals surface area contributed by atoms with Crippen LogP contribution in [0.1, 0.15) is 0 Å². The van der Waals surface area contributed by atoms with Crippen molar-refractivity contribution in [2.24, 2.45) is 0 Å². The highest BCUT2D eigenvalue weighted by Gasteiger charge is 2.11. The van der Waals surface area contributed by atoms with Crippen molar-refractivity contribution in [3.63, 3.8) is 0 Å². The number of hydrogen-bond acceptors (Lipinski definition) is 3. The summed E-state index contributed by atoms with van der Waals surface area (Å²) in [6.07, 6.45) is 1.77. The number of H-pyrrole nitrogens is 2. The summed E-state index contributed by atoms with van der Waals surface area (Å²) in [6.45, 7) is 0. The van der Waals surface area contributed by atoms with Crippen molar-refractivity contribution >= 4 is 21.6 Å². The lowest BCUT2D eigenvalue weighted by atomic mass is 10.2. The van der Waals surface area contributed by atoms with Gasteiger partial charge in [0.2, 0.25) is 0 Å². The van der Waals surface area contributed by atoms with Gasteiger partial charge in [0.05, 0.1) is 11.2 Å². The number of rotatable bonds is 2. The minimum atomic E-state index is -0.283. The standard InChI is InChI=1S/C16H10FN3OS/c17-10-5-3-9(4-6-10)13-8-12-14(22-13)16(21)20-15(19-12)11-2-1-7-18-11/h1-8,18H,(H,19,20,21). The SMILES string of the molecule is O=c1[nH]c(-c2ccc[nH]2)nc2cc(-c3ccc(F)cc3)sc12. The predicted octanol–water partition coefficient (Wildman–Crippen LogP) is 3.79. The Labute approximate surface area is 128 Å². The molecule has 3 heterocycles. The maximum atomic E-state index is 13.0. The van der Waals surface area contributed by atoms with Gasteiger partial charge in [-0.2, -0.15) is 0 Å². The van der Waals surface area contributed by atoms with Crippen LogP contribution in [0.15, 0.2) is 53.5 Å². The molecule has 108 valence electrons. The third kappa shape index (κ3) is 2.14. The monoisotopic (exact) mass is 311 g/mol. The minimum absolute atomic E-state index is 0.173. The Bertz CT molecular complexity index is 1000. The fourth-order valence-electron chi connectivity index (χ4n) is 2.30. The van der Waals surface area contributed by atoms with Gasteiger partial charge in [-0.1, -0.05) is 12.1 Å². The van der Waals surface area contributed by atoms with E-state index in [2.05, 4.69) is 15.0 Å². The normalized spacial score (nSPS) is 11.1. The van der Waals surface area contributed by atoms with E-state index in [-0.39, 0.29) is 11.4 Å². The lowest BCUT2D eigenvalue weighted by Crippen LogP contribution is -2.07. The molecule has 2 N–H and O–H groups in total. The highest BCUT2D eigenvalue weighted by Crippen LogP contribution is 2.31. The van der Waals surface area contributed by atoms with Crippen molar-refractivity contribution in [2.75, 3.05) is 0 Å². The quantitative estimate of drug-likeness (QED) is 0.592. The molecule has 4 rings (SSSR count). The first-order valence-corrected chi connectivity index (χ1v) is 7.46. The number of benzene rings is 1. The lowest BCUT2D eigenvalue weighted by Gasteiger charge is -1.96. The smallest absolute Gasteiger partial charge is 0.269 e. The second-order valence-corrected chi connectivity index (χ2v) is 5.88. The molecule has 0 saturated heterocycles. The molecule has 0 amide bonds. The minimum Gasteiger partial charge on any atom is -0.359 e. The van der Waals surface area contributed by atoms with Gasteiger partial charge < -0.3 is 9.97 Å². The zero-order valence-electron chi connectivity index (χ0n) is 11.3. The van der Waals surface area contributed by atoms with Crippen LogP contribution in [0.5, 0.6) is 0 Å². The van der Waals surface area contributed by atoms with E-state index in [1.807, 2.05) is 18.2 Å². The van der Waals surface area contributed by atoms with Crippen molar-refractivity contribution in [2.45, 2.75) is 0 Å². The fourth-order valence-corrected chi connectivity index (χ4v) is 3.30. The Morgan fingerprint density at radius 3 is 2.68 bits per heavy atom. The van der Waals surface area contributed by atoms with Crippen LogP contribution in [0.25, 0.3) is 32.2 Å². The molecule has 0 atom stereocenters. The third-order valence-corrected chi connectivity index (χ3v) is 4.54. The molecule has 0 aliphatic rings. The van der Waals surface area contributed by atoms with Gasteiger partial charge in [0.25, 0.3) is 5.56 Å². The van der Waals surface area contributed by atoms with Gasteiger partial charge in [0, 0.05) is 11.1 Å². The summed E-state index contributed by atoms with van der Waals surface area (Å²) in [7, 11) is 0. The number of fused-ring (bicyclic) bond motifs is 1. The Morgan fingerprint density at radius 1 is 1.14 bits per heavy atom. The Hall–Kier alpha value is -2.73. The van der Waals surface area contributed by atoms with E-state index < -0.39 is 0 Å². The van der Waals surface area contributed by atoms with E-state index in [9.17, 15) is 9.18 Å². The molecule has 4 nitrogen and oxygen atoms in total. The highest BCUT2D eigenvalue weighted by atomic mass is 32.1. The Morgan fingerprint density at radius 2 is 1.95 bits per heavy atom. The van der Waals surface area contributed by atoms with E-state index in [0.29, 0.717) is 16.0 Å². The van der Waals surface area contributed by atoms with Gasteiger partial charge in [-0.15, -0.1) is 11.3 Å². The zero-order chi connectivity index (χ0) is 15.1. The molecular formula is C16H10FN3OS. The molecule has 0 saturated carbocycles. The van der Waals surface area contributed by atoms with Gasteiger partial charge >= 0.3 is 0 Å². The van der Waals surface area contributed by atoms with E-state index >= 15 is 0 Å². The number of aromatic amines is 2. The van der Waals surface area contributed by atoms with E-state index in [0.717, 1.165) is 16.1 Å². The number of thiophene rings is 1. The van der Waals surface area contributed by atoms with E-state index in [1.54, 1.807) is 18.3 Å². The van der Waals surface area contributed by atoms with Crippen LogP contribution in [0.3, 0.4) is 0 Å². The first-order chi connectivity index (χ1) is 10.7. The number of nitrogens with zero attached hydrogens (tertiary/aromatic N) is 1. The molecule has 22 heavy (non-hydrogen) atoms. The van der Waals surface area contributed by atoms with Crippen LogP contribution >= 0.6 is 11.3 Å². The van der Waals surface area contributed by atoms with Crippen molar-refractivity contribution < 1.29 is 4.39 Å². The second kappa shape index (κ2) is 4.92. The van der Waals surface area contributed by atoms with Gasteiger partial charge in [0.15, 0.2) is 5.82 Å². The molecule has 0 fully saturated rings. The van der Waals surface area contributed by atoms with E-state index in [1.165, 1.54) is 23.5 Å². The van der Waals surface area contributed by atoms with Crippen molar-refractivity contribution in [3.05, 3.63) is 64.8 Å². The number of halogens is 1. The maximum absolute atomic E-state index is 13.0. The fraction of sp³-hybridized carbons (Fsp3) is 0. The molecule has 0 unspecified atom stereocenters. The van der Waals surface area contributed by atoms with Crippen molar-refractivity contribution in [1.29, 1.82) is 0 Å². The van der Waals surface area contributed by atoms with Crippen LogP contribution < -0.4 is 5.56 Å². The van der Waals surface area contributed by atoms with Gasteiger partial charge in [-0.05, 0) is 35.9 Å². The molecule has 4 aromatic rings. The predicted molar refractivity (Wildman–Crippen MR) is 85.4 cm³/mol. The molecule has 0 radical (unpaired) electrons. The first-order valence-electron chi connectivity index (χ1n) is 6.64. The molecule has 6 heteroatoms. The molecule has 0 bridgehead atoms. The lowest BCUT2D eigenvalue weighted by molar-refractivity contribution is 0.628. The molecular weight excluding hydrogens is 301 g/mol.